The van der Waals surface area contributed by atoms with Crippen LogP contribution in [0, 0.1) is 6.92 Å². The molecule has 0 bridgehead atoms. The fourth-order valence-corrected chi connectivity index (χ4v) is 4.28. The Labute approximate surface area is 173 Å². The number of carbonyl (C=O) groups is 1. The Balaban J connectivity index is 1.60. The summed E-state index contributed by atoms with van der Waals surface area (Å²) in [5.41, 5.74) is 2.31. The molecule has 5 rings (SSSR count). The molecule has 0 aliphatic carbocycles. The van der Waals surface area contributed by atoms with Crippen LogP contribution in [0.1, 0.15) is 33.4 Å². The lowest BCUT2D eigenvalue weighted by molar-refractivity contribution is 0.0314. The van der Waals surface area contributed by atoms with Crippen molar-refractivity contribution in [3.05, 3.63) is 75.4 Å². The molecule has 154 valence electrons. The first-order chi connectivity index (χ1) is 14.6. The van der Waals surface area contributed by atoms with Gasteiger partial charge in [0.25, 0.3) is 5.91 Å². The zero-order chi connectivity index (χ0) is 20.7. The third kappa shape index (κ3) is 3.20. The predicted octanol–water partition coefficient (Wildman–Crippen LogP) is 2.37. The highest BCUT2D eigenvalue weighted by molar-refractivity contribution is 5.99. The average molecular weight is 405 g/mol. The summed E-state index contributed by atoms with van der Waals surface area (Å²) in [6, 6.07) is 10.5. The molecule has 30 heavy (non-hydrogen) atoms. The summed E-state index contributed by atoms with van der Waals surface area (Å²) in [4.78, 5) is 35.3. The molecule has 7 heteroatoms. The Bertz CT molecular complexity index is 1150. The third-order valence-corrected chi connectivity index (χ3v) is 5.85. The van der Waals surface area contributed by atoms with E-state index in [9.17, 15) is 9.59 Å². The second-order valence-electron chi connectivity index (χ2n) is 7.78. The van der Waals surface area contributed by atoms with Gasteiger partial charge in [-0.15, -0.1) is 0 Å². The number of ether oxygens (including phenoxy) is 1. The van der Waals surface area contributed by atoms with Crippen LogP contribution in [0.3, 0.4) is 0 Å². The van der Waals surface area contributed by atoms with Crippen LogP contribution in [0.5, 0.6) is 0 Å². The van der Waals surface area contributed by atoms with Crippen molar-refractivity contribution in [2.24, 2.45) is 0 Å². The van der Waals surface area contributed by atoms with Gasteiger partial charge in [-0.05, 0) is 31.2 Å². The number of aryl methyl sites for hydroxylation is 1. The summed E-state index contributed by atoms with van der Waals surface area (Å²) in [5, 5.41) is 0.498. The minimum atomic E-state index is -0.545. The number of fused-ring (bicyclic) bond motifs is 2. The fourth-order valence-electron chi connectivity index (χ4n) is 4.28. The van der Waals surface area contributed by atoms with Crippen LogP contribution in [0.25, 0.3) is 11.0 Å². The standard InChI is InChI=1S/C23H23N3O4/c1-15-5-6-18-16(14-15)21(27)19-20(17-4-2-3-7-24-17)26(23(28)22(19)30-18)9-8-25-10-12-29-13-11-25/h2-7,14,20H,8-13H2,1H3/t20-/m0/s1. The smallest absolute Gasteiger partial charge is 0.291 e. The van der Waals surface area contributed by atoms with Crippen LogP contribution in [0.4, 0.5) is 0 Å². The molecule has 2 aromatic heterocycles. The van der Waals surface area contributed by atoms with Gasteiger partial charge in [-0.2, -0.15) is 0 Å². The van der Waals surface area contributed by atoms with Crippen LogP contribution in [0.2, 0.25) is 0 Å². The Kier molecular flexibility index (Phi) is 4.84. The van der Waals surface area contributed by atoms with Gasteiger partial charge in [0, 0.05) is 32.4 Å². The number of rotatable bonds is 4. The van der Waals surface area contributed by atoms with Crippen LogP contribution in [-0.4, -0.2) is 60.1 Å². The lowest BCUT2D eigenvalue weighted by Gasteiger charge is -2.30. The number of benzene rings is 1. The molecular weight excluding hydrogens is 382 g/mol. The number of amides is 1. The summed E-state index contributed by atoms with van der Waals surface area (Å²) in [7, 11) is 0. The molecule has 0 spiro atoms. The minimum absolute atomic E-state index is 0.133. The molecule has 1 amide bonds. The van der Waals surface area contributed by atoms with E-state index >= 15 is 0 Å². The van der Waals surface area contributed by atoms with Crippen molar-refractivity contribution in [3.63, 3.8) is 0 Å². The van der Waals surface area contributed by atoms with Crippen LogP contribution < -0.4 is 5.43 Å². The third-order valence-electron chi connectivity index (χ3n) is 5.85. The first-order valence-electron chi connectivity index (χ1n) is 10.2. The first-order valence-corrected chi connectivity index (χ1v) is 10.2. The van der Waals surface area contributed by atoms with E-state index in [1.54, 1.807) is 17.2 Å². The van der Waals surface area contributed by atoms with E-state index in [0.29, 0.717) is 48.5 Å². The first kappa shape index (κ1) is 19.0. The molecule has 7 nitrogen and oxygen atoms in total. The maximum Gasteiger partial charge on any atom is 0.291 e. The van der Waals surface area contributed by atoms with Crippen molar-refractivity contribution in [3.8, 4) is 0 Å². The number of morpholine rings is 1. The Morgan fingerprint density at radius 1 is 1.10 bits per heavy atom. The lowest BCUT2D eigenvalue weighted by Crippen LogP contribution is -2.42. The monoisotopic (exact) mass is 405 g/mol. The van der Waals surface area contributed by atoms with E-state index in [0.717, 1.165) is 18.7 Å². The molecule has 0 unspecified atom stereocenters. The van der Waals surface area contributed by atoms with Crippen LogP contribution >= 0.6 is 0 Å². The minimum Gasteiger partial charge on any atom is -0.450 e. The highest BCUT2D eigenvalue weighted by Crippen LogP contribution is 2.37. The number of hydrogen-bond donors (Lipinski definition) is 0. The average Bonchev–Trinajstić information content (AvgIpc) is 3.06. The van der Waals surface area contributed by atoms with Crippen molar-refractivity contribution >= 4 is 16.9 Å². The fraction of sp³-hybridized carbons (Fsp3) is 0.348. The molecule has 2 aliphatic heterocycles. The van der Waals surface area contributed by atoms with Crippen LogP contribution in [0.15, 0.2) is 51.8 Å². The van der Waals surface area contributed by atoms with Crippen molar-refractivity contribution in [2.75, 3.05) is 39.4 Å². The molecule has 2 aliphatic rings. The van der Waals surface area contributed by atoms with Crippen molar-refractivity contribution in [1.29, 1.82) is 0 Å². The number of nitrogens with zero attached hydrogens (tertiary/aromatic N) is 3. The van der Waals surface area contributed by atoms with Crippen molar-refractivity contribution in [1.82, 2.24) is 14.8 Å². The summed E-state index contributed by atoms with van der Waals surface area (Å²) >= 11 is 0. The second kappa shape index (κ2) is 7.66. The van der Waals surface area contributed by atoms with Crippen LogP contribution in [-0.2, 0) is 4.74 Å². The zero-order valence-electron chi connectivity index (χ0n) is 16.8. The van der Waals surface area contributed by atoms with E-state index in [-0.39, 0.29) is 17.1 Å². The molecule has 1 atom stereocenters. The molecule has 0 saturated carbocycles. The lowest BCUT2D eigenvalue weighted by atomic mass is 10.0. The molecule has 1 saturated heterocycles. The zero-order valence-corrected chi connectivity index (χ0v) is 16.8. The molecular formula is C23H23N3O4. The molecule has 1 aromatic carbocycles. The highest BCUT2D eigenvalue weighted by atomic mass is 16.5. The molecule has 3 aromatic rings. The van der Waals surface area contributed by atoms with Gasteiger partial charge in [-0.1, -0.05) is 17.7 Å². The van der Waals surface area contributed by atoms with E-state index in [1.165, 1.54) is 0 Å². The quantitative estimate of drug-likeness (QED) is 0.663. The van der Waals surface area contributed by atoms with E-state index in [2.05, 4.69) is 9.88 Å². The van der Waals surface area contributed by atoms with Crippen molar-refractivity contribution < 1.29 is 13.9 Å². The number of pyridine rings is 1. The largest absolute Gasteiger partial charge is 0.450 e. The maximum atomic E-state index is 13.5. The van der Waals surface area contributed by atoms with Gasteiger partial charge in [0.1, 0.15) is 11.6 Å². The normalized spacial score (nSPS) is 19.4. The van der Waals surface area contributed by atoms with Crippen molar-refractivity contribution in [2.45, 2.75) is 13.0 Å². The summed E-state index contributed by atoms with van der Waals surface area (Å²) in [6.07, 6.45) is 1.69. The summed E-state index contributed by atoms with van der Waals surface area (Å²) in [5.74, 6) is -0.123. The van der Waals surface area contributed by atoms with Gasteiger partial charge >= 0.3 is 0 Å². The molecule has 0 N–H and O–H groups in total. The van der Waals surface area contributed by atoms with E-state index in [1.807, 2.05) is 37.3 Å². The summed E-state index contributed by atoms with van der Waals surface area (Å²) < 4.78 is 11.4. The second-order valence-corrected chi connectivity index (χ2v) is 7.78. The van der Waals surface area contributed by atoms with Gasteiger partial charge in [-0.25, -0.2) is 0 Å². The molecule has 0 radical (unpaired) electrons. The Morgan fingerprint density at radius 2 is 1.93 bits per heavy atom. The van der Waals surface area contributed by atoms with E-state index in [4.69, 9.17) is 9.15 Å². The topological polar surface area (TPSA) is 75.9 Å². The Morgan fingerprint density at radius 3 is 2.70 bits per heavy atom. The molecule has 4 heterocycles. The summed E-state index contributed by atoms with van der Waals surface area (Å²) in [6.45, 7) is 6.19. The number of aromatic nitrogens is 1. The number of hydrogen-bond acceptors (Lipinski definition) is 6. The predicted molar refractivity (Wildman–Crippen MR) is 112 cm³/mol. The van der Waals surface area contributed by atoms with E-state index < -0.39 is 6.04 Å². The highest BCUT2D eigenvalue weighted by Gasteiger charge is 2.43. The number of carbonyl (C=O) groups excluding carboxylic acids is 1. The maximum absolute atomic E-state index is 13.5. The Hall–Kier alpha value is -3.03. The SMILES string of the molecule is Cc1ccc2oc3c(c(=O)c2c1)[C@H](c1ccccn1)N(CCN1CCOCC1)C3=O. The van der Waals surface area contributed by atoms with Gasteiger partial charge in [0.2, 0.25) is 5.76 Å². The van der Waals surface area contributed by atoms with Gasteiger partial charge in [0.15, 0.2) is 5.43 Å². The van der Waals surface area contributed by atoms with Gasteiger partial charge in [0.05, 0.1) is 29.9 Å². The van der Waals surface area contributed by atoms with Gasteiger partial charge in [-0.3, -0.25) is 19.5 Å². The molecule has 1 fully saturated rings. The van der Waals surface area contributed by atoms with Gasteiger partial charge < -0.3 is 14.1 Å².